The van der Waals surface area contributed by atoms with Crippen LogP contribution in [0.15, 0.2) is 12.3 Å². The SMILES string of the molecule is C=C(OC)C1(N)CC1. The normalized spacial score (nSPS) is 22.2. The van der Waals surface area contributed by atoms with Crippen molar-refractivity contribution < 1.29 is 4.74 Å². The molecule has 1 saturated carbocycles. The number of ether oxygens (including phenoxy) is 1. The number of methoxy groups -OCH3 is 1. The second-order valence-corrected chi connectivity index (χ2v) is 2.28. The van der Waals surface area contributed by atoms with E-state index in [-0.39, 0.29) is 5.54 Å². The van der Waals surface area contributed by atoms with E-state index in [9.17, 15) is 0 Å². The van der Waals surface area contributed by atoms with Crippen molar-refractivity contribution in [3.63, 3.8) is 0 Å². The fraction of sp³-hybridized carbons (Fsp3) is 0.667. The Kier molecular flexibility index (Phi) is 1.05. The molecule has 0 unspecified atom stereocenters. The first kappa shape index (κ1) is 5.63. The molecule has 1 rings (SSSR count). The summed E-state index contributed by atoms with van der Waals surface area (Å²) in [6, 6.07) is 0. The Morgan fingerprint density at radius 3 is 2.38 bits per heavy atom. The molecular formula is C6H11NO. The Bertz CT molecular complexity index is 116. The van der Waals surface area contributed by atoms with Crippen LogP contribution in [0, 0.1) is 0 Å². The summed E-state index contributed by atoms with van der Waals surface area (Å²) >= 11 is 0. The highest BCUT2D eigenvalue weighted by atomic mass is 16.5. The third-order valence-electron chi connectivity index (χ3n) is 1.59. The Morgan fingerprint density at radius 1 is 1.75 bits per heavy atom. The summed E-state index contributed by atoms with van der Waals surface area (Å²) in [5, 5.41) is 0. The molecule has 0 saturated heterocycles. The summed E-state index contributed by atoms with van der Waals surface area (Å²) in [4.78, 5) is 0. The minimum Gasteiger partial charge on any atom is -0.500 e. The van der Waals surface area contributed by atoms with Gasteiger partial charge in [-0.25, -0.2) is 0 Å². The molecule has 1 aliphatic carbocycles. The van der Waals surface area contributed by atoms with Gasteiger partial charge in [0.2, 0.25) is 0 Å². The van der Waals surface area contributed by atoms with Crippen LogP contribution in [0.25, 0.3) is 0 Å². The molecule has 8 heavy (non-hydrogen) atoms. The Hall–Kier alpha value is -0.500. The topological polar surface area (TPSA) is 35.2 Å². The zero-order chi connectivity index (χ0) is 6.20. The van der Waals surface area contributed by atoms with Gasteiger partial charge in [0.15, 0.2) is 0 Å². The van der Waals surface area contributed by atoms with Crippen molar-refractivity contribution in [3.05, 3.63) is 12.3 Å². The van der Waals surface area contributed by atoms with Crippen molar-refractivity contribution >= 4 is 0 Å². The van der Waals surface area contributed by atoms with E-state index in [1.807, 2.05) is 0 Å². The average molecular weight is 113 g/mol. The molecule has 2 heteroatoms. The van der Waals surface area contributed by atoms with Crippen LogP contribution in [0.1, 0.15) is 12.8 Å². The summed E-state index contributed by atoms with van der Waals surface area (Å²) in [6.07, 6.45) is 2.05. The smallest absolute Gasteiger partial charge is 0.108 e. The Balaban J connectivity index is 2.46. The molecule has 0 aromatic rings. The zero-order valence-corrected chi connectivity index (χ0v) is 5.11. The van der Waals surface area contributed by atoms with Crippen LogP contribution in [-0.4, -0.2) is 12.6 Å². The van der Waals surface area contributed by atoms with E-state index >= 15 is 0 Å². The highest BCUT2D eigenvalue weighted by Crippen LogP contribution is 2.38. The summed E-state index contributed by atoms with van der Waals surface area (Å²) in [5.41, 5.74) is 5.52. The maximum Gasteiger partial charge on any atom is 0.108 e. The molecule has 0 spiro atoms. The predicted octanol–water partition coefficient (Wildman–Crippen LogP) is 0.638. The first-order chi connectivity index (χ1) is 3.69. The zero-order valence-electron chi connectivity index (χ0n) is 5.11. The van der Waals surface area contributed by atoms with Gasteiger partial charge in [0, 0.05) is 0 Å². The van der Waals surface area contributed by atoms with Crippen LogP contribution in [0.5, 0.6) is 0 Å². The molecule has 1 aliphatic rings. The maximum atomic E-state index is 5.68. The van der Waals surface area contributed by atoms with Gasteiger partial charge in [-0.1, -0.05) is 6.58 Å². The molecule has 2 N–H and O–H groups in total. The van der Waals surface area contributed by atoms with Crippen molar-refractivity contribution in [2.24, 2.45) is 5.73 Å². The average Bonchev–Trinajstić information content (AvgIpc) is 2.47. The number of nitrogens with two attached hydrogens (primary N) is 1. The second kappa shape index (κ2) is 1.49. The van der Waals surface area contributed by atoms with Gasteiger partial charge in [-0.3, -0.25) is 0 Å². The molecule has 0 atom stereocenters. The molecule has 0 aliphatic heterocycles. The standard InChI is InChI=1S/C6H11NO/c1-5(8-2)6(7)3-4-6/h1,3-4,7H2,2H3. The van der Waals surface area contributed by atoms with Gasteiger partial charge >= 0.3 is 0 Å². The number of rotatable bonds is 2. The number of hydrogen-bond acceptors (Lipinski definition) is 2. The van der Waals surface area contributed by atoms with E-state index in [0.29, 0.717) is 0 Å². The molecule has 0 heterocycles. The molecule has 0 bridgehead atoms. The van der Waals surface area contributed by atoms with Crippen LogP contribution in [-0.2, 0) is 4.74 Å². The second-order valence-electron chi connectivity index (χ2n) is 2.28. The summed E-state index contributed by atoms with van der Waals surface area (Å²) in [5.74, 6) is 0.720. The minimum absolute atomic E-state index is 0.158. The van der Waals surface area contributed by atoms with E-state index in [2.05, 4.69) is 6.58 Å². The van der Waals surface area contributed by atoms with Crippen molar-refractivity contribution in [2.45, 2.75) is 18.4 Å². The van der Waals surface area contributed by atoms with Crippen LogP contribution < -0.4 is 5.73 Å². The van der Waals surface area contributed by atoms with Crippen molar-refractivity contribution in [2.75, 3.05) is 7.11 Å². The van der Waals surface area contributed by atoms with Crippen LogP contribution in [0.2, 0.25) is 0 Å². The predicted molar refractivity (Wildman–Crippen MR) is 32.3 cm³/mol. The lowest BCUT2D eigenvalue weighted by Gasteiger charge is -2.09. The van der Waals surface area contributed by atoms with E-state index < -0.39 is 0 Å². The molecule has 0 radical (unpaired) electrons. The van der Waals surface area contributed by atoms with Gasteiger partial charge in [-0.05, 0) is 12.8 Å². The molecule has 46 valence electrons. The lowest BCUT2D eigenvalue weighted by Crippen LogP contribution is -2.24. The maximum absolute atomic E-state index is 5.68. The van der Waals surface area contributed by atoms with E-state index in [1.165, 1.54) is 0 Å². The third-order valence-corrected chi connectivity index (χ3v) is 1.59. The quantitative estimate of drug-likeness (QED) is 0.533. The van der Waals surface area contributed by atoms with E-state index in [4.69, 9.17) is 10.5 Å². The summed E-state index contributed by atoms with van der Waals surface area (Å²) < 4.78 is 4.86. The van der Waals surface area contributed by atoms with Gasteiger partial charge in [0.25, 0.3) is 0 Å². The lowest BCUT2D eigenvalue weighted by molar-refractivity contribution is 0.261. The third kappa shape index (κ3) is 0.713. The molecule has 0 amide bonds. The van der Waals surface area contributed by atoms with Crippen molar-refractivity contribution in [1.82, 2.24) is 0 Å². The lowest BCUT2D eigenvalue weighted by atomic mass is 10.2. The number of hydrogen-bond donors (Lipinski definition) is 1. The van der Waals surface area contributed by atoms with Gasteiger partial charge < -0.3 is 10.5 Å². The summed E-state index contributed by atoms with van der Waals surface area (Å²) in [6.45, 7) is 3.66. The molecule has 0 aromatic carbocycles. The molecular weight excluding hydrogens is 102 g/mol. The fourth-order valence-electron chi connectivity index (χ4n) is 0.617. The van der Waals surface area contributed by atoms with Gasteiger partial charge in [0.05, 0.1) is 12.6 Å². The summed E-state index contributed by atoms with van der Waals surface area (Å²) in [7, 11) is 1.61. The van der Waals surface area contributed by atoms with Gasteiger partial charge in [-0.15, -0.1) is 0 Å². The highest BCUT2D eigenvalue weighted by molar-refractivity contribution is 5.18. The monoisotopic (exact) mass is 113 g/mol. The first-order valence-electron chi connectivity index (χ1n) is 2.71. The highest BCUT2D eigenvalue weighted by Gasteiger charge is 2.42. The van der Waals surface area contributed by atoms with Crippen LogP contribution in [0.3, 0.4) is 0 Å². The minimum atomic E-state index is -0.158. The van der Waals surface area contributed by atoms with Gasteiger partial charge in [-0.2, -0.15) is 0 Å². The Labute approximate surface area is 49.3 Å². The van der Waals surface area contributed by atoms with Gasteiger partial charge in [0.1, 0.15) is 5.76 Å². The Morgan fingerprint density at radius 2 is 2.25 bits per heavy atom. The van der Waals surface area contributed by atoms with E-state index in [0.717, 1.165) is 18.6 Å². The van der Waals surface area contributed by atoms with Crippen molar-refractivity contribution in [1.29, 1.82) is 0 Å². The van der Waals surface area contributed by atoms with Crippen LogP contribution in [0.4, 0.5) is 0 Å². The molecule has 2 nitrogen and oxygen atoms in total. The fourth-order valence-corrected chi connectivity index (χ4v) is 0.617. The van der Waals surface area contributed by atoms with Crippen LogP contribution >= 0.6 is 0 Å². The first-order valence-corrected chi connectivity index (χ1v) is 2.71. The largest absolute Gasteiger partial charge is 0.500 e. The van der Waals surface area contributed by atoms with Crippen molar-refractivity contribution in [3.8, 4) is 0 Å². The molecule has 1 fully saturated rings. The molecule has 0 aromatic heterocycles. The van der Waals surface area contributed by atoms with E-state index in [1.54, 1.807) is 7.11 Å².